The van der Waals surface area contributed by atoms with E-state index < -0.39 is 0 Å². The van der Waals surface area contributed by atoms with E-state index in [1.165, 1.54) is 122 Å². The summed E-state index contributed by atoms with van der Waals surface area (Å²) in [4.78, 5) is 0. The fourth-order valence-electron chi connectivity index (χ4n) is 11.6. The molecule has 0 amide bonds. The van der Waals surface area contributed by atoms with Crippen LogP contribution in [-0.2, 0) is 0 Å². The third-order valence-electron chi connectivity index (χ3n) is 14.3. The van der Waals surface area contributed by atoms with E-state index in [9.17, 15) is 0 Å². The largest absolute Gasteiger partial charge is 0.456 e. The van der Waals surface area contributed by atoms with Crippen molar-refractivity contribution in [3.05, 3.63) is 218 Å². The van der Waals surface area contributed by atoms with Gasteiger partial charge in [-0.1, -0.05) is 176 Å². The van der Waals surface area contributed by atoms with E-state index in [0.717, 1.165) is 27.5 Å². The topological polar surface area (TPSA) is 13.1 Å². The predicted molar refractivity (Wildman–Crippen MR) is 291 cm³/mol. The molecule has 0 aliphatic rings. The highest BCUT2D eigenvalue weighted by molar-refractivity contribution is 7.26. The van der Waals surface area contributed by atoms with Crippen LogP contribution in [0.4, 0.5) is 0 Å². The molecule has 0 N–H and O–H groups in total. The van der Waals surface area contributed by atoms with Gasteiger partial charge in [-0.2, -0.15) is 0 Å². The van der Waals surface area contributed by atoms with Gasteiger partial charge in [0.1, 0.15) is 11.2 Å². The molecule has 0 aliphatic heterocycles. The highest BCUT2D eigenvalue weighted by atomic mass is 32.1. The first-order chi connectivity index (χ1) is 33.3. The van der Waals surface area contributed by atoms with Gasteiger partial charge in [-0.3, -0.25) is 0 Å². The quantitative estimate of drug-likeness (QED) is 0.161. The van der Waals surface area contributed by atoms with Gasteiger partial charge in [-0.15, -0.1) is 22.7 Å². The molecular weight excluding hydrogens is 849 g/mol. The van der Waals surface area contributed by atoms with Gasteiger partial charge in [-0.05, 0) is 130 Å². The molecule has 0 saturated carbocycles. The molecule has 67 heavy (non-hydrogen) atoms. The minimum absolute atomic E-state index is 0.882. The minimum atomic E-state index is 0.882. The van der Waals surface area contributed by atoms with E-state index in [-0.39, 0.29) is 0 Å². The fourth-order valence-corrected chi connectivity index (χ4v) is 13.9. The molecule has 3 heteroatoms. The molecular formula is C64H36OS2. The summed E-state index contributed by atoms with van der Waals surface area (Å²) in [6.07, 6.45) is 0. The van der Waals surface area contributed by atoms with E-state index >= 15 is 0 Å². The lowest BCUT2D eigenvalue weighted by Crippen LogP contribution is -1.92. The lowest BCUT2D eigenvalue weighted by molar-refractivity contribution is 0.669. The highest BCUT2D eigenvalue weighted by Crippen LogP contribution is 2.52. The summed E-state index contributed by atoms with van der Waals surface area (Å²) in [7, 11) is 0. The van der Waals surface area contributed by atoms with Crippen molar-refractivity contribution in [1.29, 1.82) is 0 Å². The molecule has 0 atom stereocenters. The molecule has 0 spiro atoms. The summed E-state index contributed by atoms with van der Waals surface area (Å²) in [5.74, 6) is 0. The molecule has 15 rings (SSSR count). The minimum Gasteiger partial charge on any atom is -0.456 e. The third kappa shape index (κ3) is 5.30. The molecule has 3 aromatic heterocycles. The lowest BCUT2D eigenvalue weighted by Gasteiger charge is -2.19. The van der Waals surface area contributed by atoms with Crippen LogP contribution < -0.4 is 0 Å². The Labute approximate surface area is 393 Å². The Morgan fingerprint density at radius 3 is 1.04 bits per heavy atom. The molecule has 0 fully saturated rings. The number of hydrogen-bond acceptors (Lipinski definition) is 3. The van der Waals surface area contributed by atoms with Gasteiger partial charge in [0, 0.05) is 51.1 Å². The number of benzene rings is 12. The van der Waals surface area contributed by atoms with Gasteiger partial charge in [0.25, 0.3) is 0 Å². The molecule has 15 aromatic rings. The summed E-state index contributed by atoms with van der Waals surface area (Å²) < 4.78 is 12.2. The molecule has 0 saturated heterocycles. The van der Waals surface area contributed by atoms with Gasteiger partial charge in [0.2, 0.25) is 0 Å². The van der Waals surface area contributed by atoms with Gasteiger partial charge in [-0.25, -0.2) is 0 Å². The summed E-state index contributed by atoms with van der Waals surface area (Å²) >= 11 is 3.75. The van der Waals surface area contributed by atoms with Crippen LogP contribution >= 0.6 is 22.7 Å². The van der Waals surface area contributed by atoms with E-state index in [1.54, 1.807) is 0 Å². The molecule has 310 valence electrons. The number of thiophene rings is 2. The lowest BCUT2D eigenvalue weighted by atomic mass is 9.84. The predicted octanol–water partition coefficient (Wildman–Crippen LogP) is 19.6. The second-order valence-electron chi connectivity index (χ2n) is 17.7. The number of hydrogen-bond donors (Lipinski definition) is 0. The Morgan fingerprint density at radius 2 is 0.597 bits per heavy atom. The van der Waals surface area contributed by atoms with Crippen molar-refractivity contribution in [2.45, 2.75) is 0 Å². The van der Waals surface area contributed by atoms with Crippen LogP contribution in [0.25, 0.3) is 150 Å². The van der Waals surface area contributed by atoms with Crippen molar-refractivity contribution < 1.29 is 4.42 Å². The smallest absolute Gasteiger partial charge is 0.136 e. The van der Waals surface area contributed by atoms with Gasteiger partial charge >= 0.3 is 0 Å². The van der Waals surface area contributed by atoms with Crippen LogP contribution in [0, 0.1) is 0 Å². The van der Waals surface area contributed by atoms with E-state index in [4.69, 9.17) is 4.42 Å². The number of fused-ring (bicyclic) bond motifs is 13. The number of furan rings is 1. The SMILES string of the molecule is c1cc(-c2c3ccccc3c(-c3cccc4sc5ccccc5c34)c3ccccc23)c2c(c1)oc1cc(-c3c4ccccc4c(-c4cccc5sc6ccccc6c45)c4ccccc34)ccc12. The molecule has 0 unspecified atom stereocenters. The van der Waals surface area contributed by atoms with Crippen LogP contribution in [0.1, 0.15) is 0 Å². The van der Waals surface area contributed by atoms with Crippen LogP contribution in [0.2, 0.25) is 0 Å². The monoisotopic (exact) mass is 884 g/mol. The Bertz CT molecular complexity index is 4470. The maximum absolute atomic E-state index is 6.97. The Kier molecular flexibility index (Phi) is 7.88. The first-order valence-electron chi connectivity index (χ1n) is 22.9. The zero-order valence-corrected chi connectivity index (χ0v) is 37.6. The van der Waals surface area contributed by atoms with Crippen LogP contribution in [0.5, 0.6) is 0 Å². The Hall–Kier alpha value is -8.08. The van der Waals surface area contributed by atoms with Crippen molar-refractivity contribution in [2.24, 2.45) is 0 Å². The van der Waals surface area contributed by atoms with Crippen LogP contribution in [-0.4, -0.2) is 0 Å². The van der Waals surface area contributed by atoms with Gasteiger partial charge in [0.15, 0.2) is 0 Å². The Balaban J connectivity index is 0.965. The second kappa shape index (κ2) is 14.2. The Morgan fingerprint density at radius 1 is 0.239 bits per heavy atom. The van der Waals surface area contributed by atoms with Crippen molar-refractivity contribution in [3.63, 3.8) is 0 Å². The average molecular weight is 885 g/mol. The van der Waals surface area contributed by atoms with E-state index in [0.29, 0.717) is 0 Å². The normalized spacial score (nSPS) is 12.2. The number of rotatable bonds is 4. The molecule has 0 aliphatic carbocycles. The highest BCUT2D eigenvalue weighted by Gasteiger charge is 2.24. The first-order valence-corrected chi connectivity index (χ1v) is 24.5. The van der Waals surface area contributed by atoms with Gasteiger partial charge in [0.05, 0.1) is 0 Å². The fraction of sp³-hybridized carbons (Fsp3) is 0. The molecule has 1 nitrogen and oxygen atoms in total. The summed E-state index contributed by atoms with van der Waals surface area (Å²) in [6, 6.07) is 80.8. The van der Waals surface area contributed by atoms with Crippen molar-refractivity contribution >= 4 is 128 Å². The van der Waals surface area contributed by atoms with Crippen LogP contribution in [0.15, 0.2) is 223 Å². The van der Waals surface area contributed by atoms with Crippen molar-refractivity contribution in [2.75, 3.05) is 0 Å². The molecule has 12 aromatic carbocycles. The van der Waals surface area contributed by atoms with E-state index in [1.807, 2.05) is 22.7 Å². The van der Waals surface area contributed by atoms with Crippen LogP contribution in [0.3, 0.4) is 0 Å². The second-order valence-corrected chi connectivity index (χ2v) is 19.9. The summed E-state index contributed by atoms with van der Waals surface area (Å²) in [6.45, 7) is 0. The average Bonchev–Trinajstić information content (AvgIpc) is 4.09. The zero-order valence-electron chi connectivity index (χ0n) is 36.0. The molecule has 0 bridgehead atoms. The third-order valence-corrected chi connectivity index (χ3v) is 16.5. The molecule has 3 heterocycles. The maximum Gasteiger partial charge on any atom is 0.136 e. The molecule has 0 radical (unpaired) electrons. The summed E-state index contributed by atoms with van der Waals surface area (Å²) in [5, 5.41) is 17.4. The summed E-state index contributed by atoms with van der Waals surface area (Å²) in [5.41, 5.74) is 11.7. The first kappa shape index (κ1) is 37.2. The zero-order chi connectivity index (χ0) is 43.7. The van der Waals surface area contributed by atoms with Crippen molar-refractivity contribution in [3.8, 4) is 44.5 Å². The standard InChI is InChI=1S/C64H36OS2/c1-3-18-40-38(16-1)58(39-17-2-4-19-41(39)60(40)50-27-14-32-56-63(50)47-24-9-11-30-54(47)66-56)37-34-35-46-53(36-37)65-52-29-13-26-49(62(46)52)59-42-20-5-7-22-44(42)61(45-23-8-6-21-43(45)59)51-28-15-33-57-64(51)48-25-10-12-31-55(48)67-57/h1-36H. The van der Waals surface area contributed by atoms with Crippen molar-refractivity contribution in [1.82, 2.24) is 0 Å². The van der Waals surface area contributed by atoms with E-state index in [2.05, 4.69) is 218 Å². The maximum atomic E-state index is 6.97. The van der Waals surface area contributed by atoms with Gasteiger partial charge < -0.3 is 4.42 Å².